The molecule has 1 unspecified atom stereocenters. The van der Waals surface area contributed by atoms with Crippen LogP contribution in [0.25, 0.3) is 0 Å². The van der Waals surface area contributed by atoms with E-state index >= 15 is 0 Å². The van der Waals surface area contributed by atoms with Crippen LogP contribution in [0.4, 0.5) is 4.79 Å². The van der Waals surface area contributed by atoms with Crippen LogP contribution < -0.4 is 10.6 Å². The maximum Gasteiger partial charge on any atom is 0.315 e. The number of urea groups is 1. The second-order valence-corrected chi connectivity index (χ2v) is 5.85. The van der Waals surface area contributed by atoms with Crippen LogP contribution >= 0.6 is 0 Å². The number of nitrogens with one attached hydrogen (secondary N) is 2. The first-order valence-corrected chi connectivity index (χ1v) is 7.81. The van der Waals surface area contributed by atoms with Gasteiger partial charge in [0.05, 0.1) is 0 Å². The standard InChI is InChI=1S/C15H28N2O3/c1-3-11-5-7-13(8-6-11)17-15(20)16-10-12(4-2)9-14(18)19/h11-13H,3-10H2,1-2H3,(H,18,19)(H2,16,17,20). The highest BCUT2D eigenvalue weighted by atomic mass is 16.4. The maximum absolute atomic E-state index is 11.8. The van der Waals surface area contributed by atoms with Crippen LogP contribution in [0.15, 0.2) is 0 Å². The minimum atomic E-state index is -0.808. The van der Waals surface area contributed by atoms with Crippen LogP contribution in [0.5, 0.6) is 0 Å². The Morgan fingerprint density at radius 3 is 2.35 bits per heavy atom. The summed E-state index contributed by atoms with van der Waals surface area (Å²) >= 11 is 0. The summed E-state index contributed by atoms with van der Waals surface area (Å²) in [5.41, 5.74) is 0. The Hall–Kier alpha value is -1.26. The molecule has 3 N–H and O–H groups in total. The highest BCUT2D eigenvalue weighted by molar-refractivity contribution is 5.74. The zero-order chi connectivity index (χ0) is 15.0. The minimum absolute atomic E-state index is 0.00841. The number of carboxylic acids is 1. The third kappa shape index (κ3) is 6.26. The SMILES string of the molecule is CCC1CCC(NC(=O)NCC(CC)CC(=O)O)CC1. The predicted molar refractivity (Wildman–Crippen MR) is 78.6 cm³/mol. The zero-order valence-corrected chi connectivity index (χ0v) is 12.7. The fourth-order valence-corrected chi connectivity index (χ4v) is 2.80. The van der Waals surface area contributed by atoms with Crippen LogP contribution in [-0.2, 0) is 4.79 Å². The summed E-state index contributed by atoms with van der Waals surface area (Å²) in [4.78, 5) is 22.5. The highest BCUT2D eigenvalue weighted by Crippen LogP contribution is 2.26. The van der Waals surface area contributed by atoms with Crippen LogP contribution in [0, 0.1) is 11.8 Å². The molecular weight excluding hydrogens is 256 g/mol. The molecule has 0 aromatic carbocycles. The van der Waals surface area contributed by atoms with Crippen LogP contribution in [0.2, 0.25) is 0 Å². The van der Waals surface area contributed by atoms with Crippen molar-refractivity contribution in [3.05, 3.63) is 0 Å². The number of carbonyl (C=O) groups is 2. The molecule has 0 saturated heterocycles. The molecule has 1 saturated carbocycles. The molecule has 0 spiro atoms. The Morgan fingerprint density at radius 2 is 1.85 bits per heavy atom. The number of hydrogen-bond donors (Lipinski definition) is 3. The molecular formula is C15H28N2O3. The van der Waals surface area contributed by atoms with Crippen LogP contribution in [0.3, 0.4) is 0 Å². The van der Waals surface area contributed by atoms with Crippen molar-refractivity contribution in [3.8, 4) is 0 Å². The Labute approximate surface area is 121 Å². The van der Waals surface area contributed by atoms with Crippen molar-refractivity contribution in [2.45, 2.75) is 64.8 Å². The average Bonchev–Trinajstić information content (AvgIpc) is 2.44. The molecule has 2 amide bonds. The van der Waals surface area contributed by atoms with Crippen LogP contribution in [0.1, 0.15) is 58.8 Å². The van der Waals surface area contributed by atoms with Gasteiger partial charge in [-0.2, -0.15) is 0 Å². The fraction of sp³-hybridized carbons (Fsp3) is 0.867. The van der Waals surface area contributed by atoms with E-state index in [-0.39, 0.29) is 24.4 Å². The Kier molecular flexibility index (Phi) is 7.41. The summed E-state index contributed by atoms with van der Waals surface area (Å²) in [5.74, 6) is 0.0159. The summed E-state index contributed by atoms with van der Waals surface area (Å²) < 4.78 is 0. The lowest BCUT2D eigenvalue weighted by Gasteiger charge is -2.28. The van der Waals surface area contributed by atoms with Gasteiger partial charge in [-0.25, -0.2) is 4.79 Å². The molecule has 0 bridgehead atoms. The number of carbonyl (C=O) groups excluding carboxylic acids is 1. The summed E-state index contributed by atoms with van der Waals surface area (Å²) in [6, 6.07) is 0.117. The predicted octanol–water partition coefficient (Wildman–Crippen LogP) is 2.76. The van der Waals surface area contributed by atoms with E-state index in [9.17, 15) is 9.59 Å². The normalized spacial score (nSPS) is 23.9. The molecule has 1 fully saturated rings. The lowest BCUT2D eigenvalue weighted by atomic mass is 9.85. The van der Waals surface area contributed by atoms with E-state index in [4.69, 9.17) is 5.11 Å². The smallest absolute Gasteiger partial charge is 0.315 e. The molecule has 1 atom stereocenters. The molecule has 0 aromatic rings. The molecule has 1 rings (SSSR count). The molecule has 20 heavy (non-hydrogen) atoms. The van der Waals surface area contributed by atoms with Gasteiger partial charge in [0.2, 0.25) is 0 Å². The Morgan fingerprint density at radius 1 is 1.20 bits per heavy atom. The minimum Gasteiger partial charge on any atom is -0.481 e. The number of hydrogen-bond acceptors (Lipinski definition) is 2. The van der Waals surface area contributed by atoms with Crippen molar-refractivity contribution in [1.29, 1.82) is 0 Å². The van der Waals surface area contributed by atoms with E-state index in [1.807, 2.05) is 6.92 Å². The first-order chi connectivity index (χ1) is 9.55. The molecule has 0 aromatic heterocycles. The Bertz CT molecular complexity index is 312. The van der Waals surface area contributed by atoms with Crippen molar-refractivity contribution < 1.29 is 14.7 Å². The van der Waals surface area contributed by atoms with Gasteiger partial charge in [0.25, 0.3) is 0 Å². The van der Waals surface area contributed by atoms with Gasteiger partial charge in [-0.1, -0.05) is 26.7 Å². The first-order valence-electron chi connectivity index (χ1n) is 7.81. The topological polar surface area (TPSA) is 78.4 Å². The van der Waals surface area contributed by atoms with Gasteiger partial charge in [-0.05, 0) is 37.5 Å². The molecule has 116 valence electrons. The van der Waals surface area contributed by atoms with E-state index in [0.29, 0.717) is 6.54 Å². The van der Waals surface area contributed by atoms with E-state index in [1.54, 1.807) is 0 Å². The van der Waals surface area contributed by atoms with E-state index in [1.165, 1.54) is 19.3 Å². The lowest BCUT2D eigenvalue weighted by Crippen LogP contribution is -2.45. The van der Waals surface area contributed by atoms with Crippen molar-refractivity contribution in [2.75, 3.05) is 6.54 Å². The number of aliphatic carboxylic acids is 1. The lowest BCUT2D eigenvalue weighted by molar-refractivity contribution is -0.138. The van der Waals surface area contributed by atoms with Gasteiger partial charge in [-0.15, -0.1) is 0 Å². The second kappa shape index (κ2) is 8.82. The Balaban J connectivity index is 2.21. The van der Waals surface area contributed by atoms with Gasteiger partial charge >= 0.3 is 12.0 Å². The van der Waals surface area contributed by atoms with Gasteiger partial charge in [0.1, 0.15) is 0 Å². The fourth-order valence-electron chi connectivity index (χ4n) is 2.80. The quantitative estimate of drug-likeness (QED) is 0.672. The summed E-state index contributed by atoms with van der Waals surface area (Å²) in [5, 5.41) is 14.6. The van der Waals surface area contributed by atoms with Crippen molar-refractivity contribution in [3.63, 3.8) is 0 Å². The maximum atomic E-state index is 11.8. The molecule has 0 heterocycles. The van der Waals surface area contributed by atoms with Gasteiger partial charge < -0.3 is 15.7 Å². The number of amides is 2. The van der Waals surface area contributed by atoms with Crippen molar-refractivity contribution >= 4 is 12.0 Å². The molecule has 5 heteroatoms. The third-order valence-electron chi connectivity index (χ3n) is 4.35. The number of rotatable bonds is 7. The molecule has 5 nitrogen and oxygen atoms in total. The first kappa shape index (κ1) is 16.8. The van der Waals surface area contributed by atoms with Crippen LogP contribution in [-0.4, -0.2) is 29.7 Å². The molecule has 1 aliphatic carbocycles. The third-order valence-corrected chi connectivity index (χ3v) is 4.35. The highest BCUT2D eigenvalue weighted by Gasteiger charge is 2.21. The van der Waals surface area contributed by atoms with E-state index in [0.717, 1.165) is 25.2 Å². The van der Waals surface area contributed by atoms with Gasteiger partial charge in [-0.3, -0.25) is 4.79 Å². The summed E-state index contributed by atoms with van der Waals surface area (Å²) in [7, 11) is 0. The molecule has 1 aliphatic rings. The second-order valence-electron chi connectivity index (χ2n) is 5.85. The van der Waals surface area contributed by atoms with Gasteiger partial charge in [0.15, 0.2) is 0 Å². The zero-order valence-electron chi connectivity index (χ0n) is 12.7. The summed E-state index contributed by atoms with van der Waals surface area (Å²) in [6.07, 6.45) is 6.59. The van der Waals surface area contributed by atoms with E-state index < -0.39 is 5.97 Å². The molecule has 0 aliphatic heterocycles. The number of carboxylic acid groups (broad SMARTS) is 1. The largest absolute Gasteiger partial charge is 0.481 e. The average molecular weight is 284 g/mol. The van der Waals surface area contributed by atoms with Crippen molar-refractivity contribution in [1.82, 2.24) is 10.6 Å². The van der Waals surface area contributed by atoms with Gasteiger partial charge in [0, 0.05) is 19.0 Å². The monoisotopic (exact) mass is 284 g/mol. The molecule has 0 radical (unpaired) electrons. The summed E-state index contributed by atoms with van der Waals surface area (Å²) in [6.45, 7) is 4.59. The van der Waals surface area contributed by atoms with E-state index in [2.05, 4.69) is 17.6 Å². The van der Waals surface area contributed by atoms with Crippen molar-refractivity contribution in [2.24, 2.45) is 11.8 Å².